The van der Waals surface area contributed by atoms with Crippen LogP contribution >= 0.6 is 0 Å². The summed E-state index contributed by atoms with van der Waals surface area (Å²) < 4.78 is 50.0. The fourth-order valence-corrected chi connectivity index (χ4v) is 3.18. The molecule has 0 saturated heterocycles. The topological polar surface area (TPSA) is 44.5 Å². The zero-order valence-electron chi connectivity index (χ0n) is 12.2. The van der Waals surface area contributed by atoms with Crippen LogP contribution in [0.15, 0.2) is 12.1 Å². The molecule has 0 amide bonds. The molecular weight excluding hydrogens is 283 g/mol. The Morgan fingerprint density at radius 3 is 2.19 bits per heavy atom. The SMILES string of the molecule is COc1cc(C(F)(F)F)c(OC)c(C2(CN)CCCC2)c1. The Labute approximate surface area is 122 Å². The van der Waals surface area contributed by atoms with Crippen molar-refractivity contribution in [3.05, 3.63) is 23.3 Å². The second-order valence-electron chi connectivity index (χ2n) is 5.45. The first-order valence-electron chi connectivity index (χ1n) is 6.92. The average Bonchev–Trinajstić information content (AvgIpc) is 2.94. The lowest BCUT2D eigenvalue weighted by atomic mass is 9.77. The van der Waals surface area contributed by atoms with Gasteiger partial charge in [0.15, 0.2) is 0 Å². The number of benzene rings is 1. The molecule has 0 unspecified atom stereocenters. The maximum atomic E-state index is 13.3. The number of hydrogen-bond donors (Lipinski definition) is 1. The number of rotatable bonds is 4. The number of methoxy groups -OCH3 is 2. The van der Waals surface area contributed by atoms with Gasteiger partial charge >= 0.3 is 6.18 Å². The predicted molar refractivity (Wildman–Crippen MR) is 73.7 cm³/mol. The Balaban J connectivity index is 2.69. The molecule has 0 bridgehead atoms. The van der Waals surface area contributed by atoms with Crippen molar-refractivity contribution in [1.82, 2.24) is 0 Å². The van der Waals surface area contributed by atoms with E-state index in [4.69, 9.17) is 15.2 Å². The molecule has 1 aliphatic carbocycles. The van der Waals surface area contributed by atoms with Crippen molar-refractivity contribution in [1.29, 1.82) is 0 Å². The molecule has 1 aliphatic rings. The van der Waals surface area contributed by atoms with Gasteiger partial charge in [0.2, 0.25) is 0 Å². The molecule has 0 aliphatic heterocycles. The van der Waals surface area contributed by atoms with Gasteiger partial charge in [0.1, 0.15) is 17.1 Å². The number of ether oxygens (including phenoxy) is 2. The first-order valence-corrected chi connectivity index (χ1v) is 6.92. The largest absolute Gasteiger partial charge is 0.497 e. The lowest BCUT2D eigenvalue weighted by Crippen LogP contribution is -2.33. The van der Waals surface area contributed by atoms with Crippen LogP contribution in [0.5, 0.6) is 11.5 Å². The lowest BCUT2D eigenvalue weighted by molar-refractivity contribution is -0.139. The monoisotopic (exact) mass is 303 g/mol. The van der Waals surface area contributed by atoms with Crippen LogP contribution in [-0.4, -0.2) is 20.8 Å². The summed E-state index contributed by atoms with van der Waals surface area (Å²) in [6.45, 7) is 0.299. The molecule has 0 atom stereocenters. The summed E-state index contributed by atoms with van der Waals surface area (Å²) in [5.74, 6) is 0.0495. The van der Waals surface area contributed by atoms with Crippen molar-refractivity contribution >= 4 is 0 Å². The smallest absolute Gasteiger partial charge is 0.420 e. The quantitative estimate of drug-likeness (QED) is 0.926. The van der Waals surface area contributed by atoms with E-state index in [-0.39, 0.29) is 11.5 Å². The summed E-state index contributed by atoms with van der Waals surface area (Å²) in [6.07, 6.45) is -1.05. The maximum Gasteiger partial charge on any atom is 0.420 e. The molecule has 0 heterocycles. The van der Waals surface area contributed by atoms with E-state index in [1.54, 1.807) is 6.07 Å². The van der Waals surface area contributed by atoms with E-state index >= 15 is 0 Å². The van der Waals surface area contributed by atoms with Crippen LogP contribution in [-0.2, 0) is 11.6 Å². The van der Waals surface area contributed by atoms with E-state index in [2.05, 4.69) is 0 Å². The van der Waals surface area contributed by atoms with Crippen LogP contribution in [0, 0.1) is 0 Å². The van der Waals surface area contributed by atoms with Gasteiger partial charge in [-0.05, 0) is 25.0 Å². The van der Waals surface area contributed by atoms with Crippen LogP contribution in [0.2, 0.25) is 0 Å². The number of hydrogen-bond acceptors (Lipinski definition) is 3. The van der Waals surface area contributed by atoms with Crippen LogP contribution in [0.3, 0.4) is 0 Å². The number of nitrogens with two attached hydrogens (primary N) is 1. The summed E-state index contributed by atoms with van der Waals surface area (Å²) in [4.78, 5) is 0. The second-order valence-corrected chi connectivity index (χ2v) is 5.45. The van der Waals surface area contributed by atoms with Gasteiger partial charge in [-0.25, -0.2) is 0 Å². The lowest BCUT2D eigenvalue weighted by Gasteiger charge is -2.31. The van der Waals surface area contributed by atoms with Crippen molar-refractivity contribution in [3.63, 3.8) is 0 Å². The molecular formula is C15H20F3NO2. The molecule has 0 radical (unpaired) electrons. The maximum absolute atomic E-state index is 13.3. The van der Waals surface area contributed by atoms with Crippen molar-refractivity contribution in [2.24, 2.45) is 5.73 Å². The van der Waals surface area contributed by atoms with Gasteiger partial charge in [-0.15, -0.1) is 0 Å². The van der Waals surface area contributed by atoms with E-state index in [0.717, 1.165) is 31.7 Å². The van der Waals surface area contributed by atoms with Gasteiger partial charge in [0, 0.05) is 17.5 Å². The van der Waals surface area contributed by atoms with Crippen LogP contribution < -0.4 is 15.2 Å². The highest BCUT2D eigenvalue weighted by molar-refractivity contribution is 5.52. The number of halogens is 3. The van der Waals surface area contributed by atoms with Gasteiger partial charge in [0.05, 0.1) is 14.2 Å². The van der Waals surface area contributed by atoms with E-state index in [0.29, 0.717) is 12.1 Å². The highest BCUT2D eigenvalue weighted by Crippen LogP contribution is 2.49. The second kappa shape index (κ2) is 5.75. The van der Waals surface area contributed by atoms with Gasteiger partial charge < -0.3 is 15.2 Å². The highest BCUT2D eigenvalue weighted by atomic mass is 19.4. The average molecular weight is 303 g/mol. The van der Waals surface area contributed by atoms with Crippen molar-refractivity contribution in [2.75, 3.05) is 20.8 Å². The molecule has 21 heavy (non-hydrogen) atoms. The normalized spacial score (nSPS) is 17.8. The van der Waals surface area contributed by atoms with E-state index in [1.807, 2.05) is 0 Å². The highest BCUT2D eigenvalue weighted by Gasteiger charge is 2.42. The summed E-state index contributed by atoms with van der Waals surface area (Å²) >= 11 is 0. The zero-order chi connectivity index (χ0) is 15.7. The van der Waals surface area contributed by atoms with Gasteiger partial charge in [-0.3, -0.25) is 0 Å². The Morgan fingerprint density at radius 2 is 1.76 bits per heavy atom. The van der Waals surface area contributed by atoms with Crippen LogP contribution in [0.1, 0.15) is 36.8 Å². The van der Waals surface area contributed by atoms with Crippen molar-refractivity contribution in [3.8, 4) is 11.5 Å². The third kappa shape index (κ3) is 2.81. The molecule has 1 aromatic carbocycles. The summed E-state index contributed by atoms with van der Waals surface area (Å²) in [5, 5.41) is 0. The van der Waals surface area contributed by atoms with E-state index < -0.39 is 17.2 Å². The number of alkyl halides is 3. The van der Waals surface area contributed by atoms with Gasteiger partial charge in [-0.2, -0.15) is 13.2 Å². The van der Waals surface area contributed by atoms with E-state index in [1.165, 1.54) is 14.2 Å². The first kappa shape index (κ1) is 15.9. The van der Waals surface area contributed by atoms with Gasteiger partial charge in [0.25, 0.3) is 0 Å². The third-order valence-corrected chi connectivity index (χ3v) is 4.33. The predicted octanol–water partition coefficient (Wildman–Crippen LogP) is 3.49. The molecule has 1 fully saturated rings. The fourth-order valence-electron chi connectivity index (χ4n) is 3.18. The van der Waals surface area contributed by atoms with Crippen molar-refractivity contribution < 1.29 is 22.6 Å². The first-order chi connectivity index (χ1) is 9.88. The summed E-state index contributed by atoms with van der Waals surface area (Å²) in [7, 11) is 2.62. The van der Waals surface area contributed by atoms with Gasteiger partial charge in [-0.1, -0.05) is 12.8 Å². The Bertz CT molecular complexity index is 508. The minimum absolute atomic E-state index is 0.129. The summed E-state index contributed by atoms with van der Waals surface area (Å²) in [6, 6.07) is 2.60. The zero-order valence-corrected chi connectivity index (χ0v) is 12.2. The molecule has 118 valence electrons. The third-order valence-electron chi connectivity index (χ3n) is 4.33. The molecule has 1 aromatic rings. The standard InChI is InChI=1S/C15H20F3NO2/c1-20-10-7-11(14(9-19)5-3-4-6-14)13(21-2)12(8-10)15(16,17)18/h7-8H,3-6,9,19H2,1-2H3. The van der Waals surface area contributed by atoms with Crippen LogP contribution in [0.25, 0.3) is 0 Å². The Kier molecular flexibility index (Phi) is 4.37. The minimum Gasteiger partial charge on any atom is -0.497 e. The van der Waals surface area contributed by atoms with Crippen molar-refractivity contribution in [2.45, 2.75) is 37.3 Å². The van der Waals surface area contributed by atoms with Crippen LogP contribution in [0.4, 0.5) is 13.2 Å². The summed E-state index contributed by atoms with van der Waals surface area (Å²) in [5.41, 5.74) is 5.14. The minimum atomic E-state index is -4.50. The Hall–Kier alpha value is -1.43. The molecule has 3 nitrogen and oxygen atoms in total. The molecule has 2 N–H and O–H groups in total. The molecule has 0 spiro atoms. The fraction of sp³-hybridized carbons (Fsp3) is 0.600. The Morgan fingerprint density at radius 1 is 1.14 bits per heavy atom. The molecule has 6 heteroatoms. The molecule has 0 aromatic heterocycles. The molecule has 2 rings (SSSR count). The van der Waals surface area contributed by atoms with E-state index in [9.17, 15) is 13.2 Å². The molecule has 1 saturated carbocycles.